The van der Waals surface area contributed by atoms with Crippen LogP contribution in [0.2, 0.25) is 0 Å². The Balaban J connectivity index is 1.94. The molecule has 4 nitrogen and oxygen atoms in total. The molecule has 0 bridgehead atoms. The van der Waals surface area contributed by atoms with E-state index in [0.29, 0.717) is 13.1 Å². The first kappa shape index (κ1) is 11.9. The molecule has 1 aromatic carbocycles. The van der Waals surface area contributed by atoms with Gasteiger partial charge in [-0.25, -0.2) is 4.98 Å². The fourth-order valence-corrected chi connectivity index (χ4v) is 2.04. The van der Waals surface area contributed by atoms with Gasteiger partial charge < -0.3 is 15.2 Å². The molecule has 0 saturated heterocycles. The minimum Gasteiger partial charge on any atom is -0.508 e. The second kappa shape index (κ2) is 5.65. The molecule has 0 aliphatic heterocycles. The highest BCUT2D eigenvalue weighted by atomic mass is 32.1. The van der Waals surface area contributed by atoms with Crippen LogP contribution in [0.5, 0.6) is 11.5 Å². The molecule has 1 aromatic heterocycles. The lowest BCUT2D eigenvalue weighted by atomic mass is 10.2. The van der Waals surface area contributed by atoms with Gasteiger partial charge in [0.2, 0.25) is 0 Å². The summed E-state index contributed by atoms with van der Waals surface area (Å²) in [7, 11) is 1.61. The summed E-state index contributed by atoms with van der Waals surface area (Å²) < 4.78 is 5.11. The summed E-state index contributed by atoms with van der Waals surface area (Å²) >= 11 is 1.57. The van der Waals surface area contributed by atoms with E-state index in [2.05, 4.69) is 10.3 Å². The number of methoxy groups -OCH3 is 1. The molecular formula is C12H14N2O2S. The summed E-state index contributed by atoms with van der Waals surface area (Å²) in [5, 5.41) is 14.9. The fraction of sp³-hybridized carbons (Fsp3) is 0.250. The number of benzene rings is 1. The maximum Gasteiger partial charge on any atom is 0.120 e. The van der Waals surface area contributed by atoms with Crippen LogP contribution in [0.4, 0.5) is 0 Å². The summed E-state index contributed by atoms with van der Waals surface area (Å²) in [5.74, 6) is 1.02. The molecule has 0 atom stereocenters. The van der Waals surface area contributed by atoms with Crippen molar-refractivity contribution in [2.75, 3.05) is 7.11 Å². The quantitative estimate of drug-likeness (QED) is 0.853. The monoisotopic (exact) mass is 250 g/mol. The van der Waals surface area contributed by atoms with Crippen molar-refractivity contribution in [1.82, 2.24) is 10.3 Å². The highest BCUT2D eigenvalue weighted by Crippen LogP contribution is 2.22. The molecule has 90 valence electrons. The Morgan fingerprint density at radius 2 is 2.29 bits per heavy atom. The zero-order valence-electron chi connectivity index (χ0n) is 9.51. The number of aromatic nitrogens is 1. The van der Waals surface area contributed by atoms with Gasteiger partial charge in [-0.1, -0.05) is 0 Å². The average Bonchev–Trinajstić information content (AvgIpc) is 2.84. The van der Waals surface area contributed by atoms with Gasteiger partial charge in [0.15, 0.2) is 0 Å². The van der Waals surface area contributed by atoms with Crippen LogP contribution >= 0.6 is 11.3 Å². The summed E-state index contributed by atoms with van der Waals surface area (Å²) in [6, 6.07) is 5.20. The molecule has 0 unspecified atom stereocenters. The van der Waals surface area contributed by atoms with Gasteiger partial charge in [-0.3, -0.25) is 0 Å². The molecule has 2 aromatic rings. The van der Waals surface area contributed by atoms with E-state index < -0.39 is 0 Å². The number of phenols is 1. The van der Waals surface area contributed by atoms with E-state index in [1.54, 1.807) is 36.1 Å². The minimum atomic E-state index is 0.275. The van der Waals surface area contributed by atoms with Gasteiger partial charge >= 0.3 is 0 Å². The van der Waals surface area contributed by atoms with E-state index in [1.165, 1.54) is 0 Å². The lowest BCUT2D eigenvalue weighted by molar-refractivity contribution is 0.410. The van der Waals surface area contributed by atoms with Crippen molar-refractivity contribution in [1.29, 1.82) is 0 Å². The third-order valence-corrected chi connectivity index (χ3v) is 3.03. The summed E-state index contributed by atoms with van der Waals surface area (Å²) in [5.41, 5.74) is 3.64. The van der Waals surface area contributed by atoms with Crippen molar-refractivity contribution in [3.05, 3.63) is 40.3 Å². The molecule has 0 radical (unpaired) electrons. The third-order valence-electron chi connectivity index (χ3n) is 2.39. The Bertz CT molecular complexity index is 471. The second-order valence-corrected chi connectivity index (χ2v) is 4.30. The maximum atomic E-state index is 9.68. The lowest BCUT2D eigenvalue weighted by Gasteiger charge is -2.07. The minimum absolute atomic E-state index is 0.275. The van der Waals surface area contributed by atoms with E-state index in [4.69, 9.17) is 4.74 Å². The van der Waals surface area contributed by atoms with Gasteiger partial charge in [0.1, 0.15) is 11.5 Å². The number of nitrogens with one attached hydrogen (secondary N) is 1. The van der Waals surface area contributed by atoms with Crippen molar-refractivity contribution in [3.63, 3.8) is 0 Å². The molecular weight excluding hydrogens is 236 g/mol. The van der Waals surface area contributed by atoms with Crippen LogP contribution in [0.3, 0.4) is 0 Å². The van der Waals surface area contributed by atoms with Gasteiger partial charge in [0.05, 0.1) is 18.3 Å². The van der Waals surface area contributed by atoms with E-state index in [9.17, 15) is 5.11 Å². The van der Waals surface area contributed by atoms with Gasteiger partial charge in [-0.05, 0) is 18.2 Å². The Morgan fingerprint density at radius 1 is 1.41 bits per heavy atom. The predicted molar refractivity (Wildman–Crippen MR) is 67.3 cm³/mol. The maximum absolute atomic E-state index is 9.68. The second-order valence-electron chi connectivity index (χ2n) is 3.58. The molecule has 0 fully saturated rings. The summed E-state index contributed by atoms with van der Waals surface area (Å²) in [4.78, 5) is 4.17. The molecule has 0 aliphatic carbocycles. The summed E-state index contributed by atoms with van der Waals surface area (Å²) in [6.45, 7) is 1.28. The number of phenolic OH excluding ortho intramolecular Hbond substituents is 1. The zero-order chi connectivity index (χ0) is 12.1. The first-order chi connectivity index (χ1) is 8.29. The van der Waals surface area contributed by atoms with Crippen molar-refractivity contribution in [3.8, 4) is 11.5 Å². The molecule has 2 rings (SSSR count). The number of rotatable bonds is 5. The Kier molecular flexibility index (Phi) is 3.95. The number of thiazole rings is 1. The van der Waals surface area contributed by atoms with Crippen molar-refractivity contribution in [2.45, 2.75) is 13.1 Å². The molecule has 0 saturated carbocycles. The van der Waals surface area contributed by atoms with Crippen molar-refractivity contribution in [2.24, 2.45) is 0 Å². The first-order valence-corrected chi connectivity index (χ1v) is 6.17. The number of ether oxygens (including phenoxy) is 1. The van der Waals surface area contributed by atoms with Gasteiger partial charge in [-0.2, -0.15) is 0 Å². The number of aromatic hydroxyl groups is 1. The van der Waals surface area contributed by atoms with Gasteiger partial charge in [-0.15, -0.1) is 11.3 Å². The average molecular weight is 250 g/mol. The number of hydrogen-bond donors (Lipinski definition) is 2. The van der Waals surface area contributed by atoms with Crippen LogP contribution < -0.4 is 10.1 Å². The van der Waals surface area contributed by atoms with Gasteiger partial charge in [0.25, 0.3) is 0 Å². The first-order valence-electron chi connectivity index (χ1n) is 5.23. The Hall–Kier alpha value is -1.59. The smallest absolute Gasteiger partial charge is 0.120 e. The molecule has 2 N–H and O–H groups in total. The van der Waals surface area contributed by atoms with Crippen LogP contribution in [0.1, 0.15) is 11.3 Å². The molecule has 5 heteroatoms. The predicted octanol–water partition coefficient (Wildman–Crippen LogP) is 2.15. The molecule has 0 spiro atoms. The topological polar surface area (TPSA) is 54.4 Å². The number of nitrogens with zero attached hydrogens (tertiary/aromatic N) is 1. The van der Waals surface area contributed by atoms with Crippen LogP contribution in [-0.4, -0.2) is 17.2 Å². The molecule has 0 amide bonds. The number of hydrogen-bond acceptors (Lipinski definition) is 5. The highest BCUT2D eigenvalue weighted by molar-refractivity contribution is 7.07. The molecule has 0 aliphatic rings. The van der Waals surface area contributed by atoms with E-state index in [1.807, 2.05) is 11.4 Å². The fourth-order valence-electron chi connectivity index (χ4n) is 1.48. The summed E-state index contributed by atoms with van der Waals surface area (Å²) in [6.07, 6.45) is 0. The van der Waals surface area contributed by atoms with Crippen LogP contribution in [-0.2, 0) is 13.1 Å². The third kappa shape index (κ3) is 3.18. The SMILES string of the molecule is COc1ccc(O)c(CNCc2cscn2)c1. The lowest BCUT2D eigenvalue weighted by Crippen LogP contribution is -2.13. The van der Waals surface area contributed by atoms with Crippen molar-refractivity contribution >= 4 is 11.3 Å². The molecule has 1 heterocycles. The van der Waals surface area contributed by atoms with Crippen LogP contribution in [0.25, 0.3) is 0 Å². The zero-order valence-corrected chi connectivity index (χ0v) is 10.3. The Morgan fingerprint density at radius 3 is 3.00 bits per heavy atom. The van der Waals surface area contributed by atoms with Crippen LogP contribution in [0, 0.1) is 0 Å². The highest BCUT2D eigenvalue weighted by Gasteiger charge is 2.03. The Labute approximate surface area is 104 Å². The largest absolute Gasteiger partial charge is 0.508 e. The van der Waals surface area contributed by atoms with Crippen molar-refractivity contribution < 1.29 is 9.84 Å². The van der Waals surface area contributed by atoms with E-state index >= 15 is 0 Å². The standard InChI is InChI=1S/C12H14N2O2S/c1-16-11-2-3-12(15)9(4-11)5-13-6-10-7-17-8-14-10/h2-4,7-8,13,15H,5-6H2,1H3. The molecule has 17 heavy (non-hydrogen) atoms. The van der Waals surface area contributed by atoms with E-state index in [0.717, 1.165) is 17.0 Å². The normalized spacial score (nSPS) is 10.4. The van der Waals surface area contributed by atoms with Crippen LogP contribution in [0.15, 0.2) is 29.1 Å². The van der Waals surface area contributed by atoms with Gasteiger partial charge in [0, 0.05) is 24.0 Å². The van der Waals surface area contributed by atoms with E-state index in [-0.39, 0.29) is 5.75 Å².